The van der Waals surface area contributed by atoms with E-state index in [1.165, 1.54) is 12.1 Å². The van der Waals surface area contributed by atoms with Crippen LogP contribution in [0.1, 0.15) is 6.42 Å². The Bertz CT molecular complexity index is 283. The van der Waals surface area contributed by atoms with Gasteiger partial charge in [-0.3, -0.25) is 0 Å². The number of ether oxygens (including phenoxy) is 1. The summed E-state index contributed by atoms with van der Waals surface area (Å²) in [6.45, 7) is 0.0765. The van der Waals surface area contributed by atoms with Gasteiger partial charge in [0, 0.05) is 12.4 Å². The minimum atomic E-state index is -1.14. The molecule has 0 saturated heterocycles. The van der Waals surface area contributed by atoms with E-state index < -0.39 is 5.97 Å². The molecule has 0 amide bonds. The Labute approximate surface area is 104 Å². The third-order valence-corrected chi connectivity index (χ3v) is 1.41. The Morgan fingerprint density at radius 1 is 1.36 bits per heavy atom. The smallest absolute Gasteiger partial charge is 0.550 e. The maximum atomic E-state index is 10.0. The predicted molar refractivity (Wildman–Crippen MR) is 43.2 cm³/mol. The zero-order chi connectivity index (χ0) is 9.68. The molecule has 0 aliphatic rings. The van der Waals surface area contributed by atoms with Gasteiger partial charge >= 0.3 is 29.6 Å². The van der Waals surface area contributed by atoms with E-state index in [0.717, 1.165) is 0 Å². The third kappa shape index (κ3) is 5.11. The third-order valence-electron chi connectivity index (χ3n) is 1.41. The number of aliphatic carboxylic acids is 1. The first-order valence-corrected chi connectivity index (χ1v) is 3.80. The summed E-state index contributed by atoms with van der Waals surface area (Å²) in [6.07, 6.45) is -0.138. The number of phenols is 1. The summed E-state index contributed by atoms with van der Waals surface area (Å²) in [5.41, 5.74) is 0. The topological polar surface area (TPSA) is 69.6 Å². The number of phenolic OH excluding ortho intramolecular Hbond substituents is 1. The molecule has 70 valence electrons. The fourth-order valence-electron chi connectivity index (χ4n) is 0.795. The Balaban J connectivity index is 0.00000169. The normalized spacial score (nSPS) is 8.86. The van der Waals surface area contributed by atoms with E-state index in [9.17, 15) is 9.90 Å². The first-order chi connectivity index (χ1) is 6.18. The van der Waals surface area contributed by atoms with Crippen LogP contribution in [0.15, 0.2) is 24.3 Å². The molecule has 14 heavy (non-hydrogen) atoms. The van der Waals surface area contributed by atoms with E-state index in [0.29, 0.717) is 5.75 Å². The number of carboxylic acid groups (broad SMARTS) is 1. The van der Waals surface area contributed by atoms with Crippen LogP contribution in [0.5, 0.6) is 11.5 Å². The molecule has 5 heteroatoms. The van der Waals surface area contributed by atoms with Crippen LogP contribution in [0.4, 0.5) is 0 Å². The van der Waals surface area contributed by atoms with Gasteiger partial charge in [-0.15, -0.1) is 0 Å². The number of carbonyl (C=O) groups is 1. The monoisotopic (exact) mass is 204 g/mol. The summed E-state index contributed by atoms with van der Waals surface area (Å²) in [5, 5.41) is 18.9. The average Bonchev–Trinajstić information content (AvgIpc) is 2.08. The van der Waals surface area contributed by atoms with Gasteiger partial charge in [0.05, 0.1) is 6.61 Å². The van der Waals surface area contributed by atoms with Gasteiger partial charge in [-0.2, -0.15) is 0 Å². The number of benzene rings is 1. The zero-order valence-corrected chi connectivity index (χ0v) is 9.90. The Hall–Kier alpha value is -0.710. The molecule has 1 N–H and O–H groups in total. The molecule has 0 heterocycles. The van der Waals surface area contributed by atoms with Crippen molar-refractivity contribution < 1.29 is 49.3 Å². The summed E-state index contributed by atoms with van der Waals surface area (Å²) in [6, 6.07) is 6.05. The van der Waals surface area contributed by atoms with E-state index in [4.69, 9.17) is 9.84 Å². The first-order valence-electron chi connectivity index (χ1n) is 3.80. The molecule has 0 fully saturated rings. The van der Waals surface area contributed by atoms with Gasteiger partial charge in [0.15, 0.2) is 0 Å². The van der Waals surface area contributed by atoms with Crippen LogP contribution >= 0.6 is 0 Å². The second-order valence-corrected chi connectivity index (χ2v) is 2.46. The van der Waals surface area contributed by atoms with Crippen molar-refractivity contribution in [2.75, 3.05) is 6.61 Å². The molecule has 0 bridgehead atoms. The van der Waals surface area contributed by atoms with E-state index in [1.54, 1.807) is 12.1 Å². The van der Waals surface area contributed by atoms with Crippen LogP contribution in [0, 0.1) is 0 Å². The summed E-state index contributed by atoms with van der Waals surface area (Å²) >= 11 is 0. The van der Waals surface area contributed by atoms with E-state index in [1.807, 2.05) is 0 Å². The Morgan fingerprint density at radius 2 is 1.93 bits per heavy atom. The first kappa shape index (κ1) is 13.3. The van der Waals surface area contributed by atoms with Crippen LogP contribution in [0.2, 0.25) is 0 Å². The standard InChI is InChI=1S/C9H10O4.Na/c10-7-1-3-8(4-2-7)13-6-5-9(11)12;/h1-4,10H,5-6H2,(H,11,12);/q;+1/p-1. The van der Waals surface area contributed by atoms with E-state index in [2.05, 4.69) is 0 Å². The maximum Gasteiger partial charge on any atom is 1.00 e. The molecule has 1 rings (SSSR count). The molecule has 0 spiro atoms. The second-order valence-electron chi connectivity index (χ2n) is 2.46. The summed E-state index contributed by atoms with van der Waals surface area (Å²) in [7, 11) is 0. The van der Waals surface area contributed by atoms with Crippen LogP contribution in [0.25, 0.3) is 0 Å². The van der Waals surface area contributed by atoms with Crippen LogP contribution in [-0.4, -0.2) is 17.7 Å². The predicted octanol–water partition coefficient (Wildman–Crippen LogP) is -3.08. The summed E-state index contributed by atoms with van der Waals surface area (Å²) in [5.74, 6) is -0.468. The van der Waals surface area contributed by atoms with Gasteiger partial charge in [0.2, 0.25) is 0 Å². The molecular formula is C9H9NaO4. The molecular weight excluding hydrogens is 195 g/mol. The van der Waals surface area contributed by atoms with Gasteiger partial charge in [-0.1, -0.05) is 0 Å². The van der Waals surface area contributed by atoms with Crippen LogP contribution in [-0.2, 0) is 4.79 Å². The average molecular weight is 204 g/mol. The van der Waals surface area contributed by atoms with Gasteiger partial charge < -0.3 is 19.7 Å². The number of aromatic hydroxyl groups is 1. The minimum Gasteiger partial charge on any atom is -0.550 e. The van der Waals surface area contributed by atoms with Crippen LogP contribution < -0.4 is 39.4 Å². The molecule has 1 aromatic rings. The minimum absolute atomic E-state index is 0. The molecule has 0 aliphatic carbocycles. The summed E-state index contributed by atoms with van der Waals surface area (Å²) < 4.78 is 5.04. The van der Waals surface area contributed by atoms with Gasteiger partial charge in [-0.25, -0.2) is 0 Å². The van der Waals surface area contributed by atoms with Crippen molar-refractivity contribution in [3.63, 3.8) is 0 Å². The molecule has 0 aliphatic heterocycles. The number of rotatable bonds is 4. The van der Waals surface area contributed by atoms with E-state index in [-0.39, 0.29) is 48.3 Å². The fourth-order valence-corrected chi connectivity index (χ4v) is 0.795. The fraction of sp³-hybridized carbons (Fsp3) is 0.222. The number of hydrogen-bond donors (Lipinski definition) is 1. The Morgan fingerprint density at radius 3 is 2.43 bits per heavy atom. The van der Waals surface area contributed by atoms with Crippen molar-refractivity contribution in [2.24, 2.45) is 0 Å². The zero-order valence-electron chi connectivity index (χ0n) is 7.90. The quantitative estimate of drug-likeness (QED) is 0.528. The molecule has 0 radical (unpaired) electrons. The number of hydrogen-bond acceptors (Lipinski definition) is 4. The maximum absolute atomic E-state index is 10.0. The van der Waals surface area contributed by atoms with Crippen molar-refractivity contribution in [1.29, 1.82) is 0 Å². The van der Waals surface area contributed by atoms with Gasteiger partial charge in [-0.05, 0) is 24.3 Å². The van der Waals surface area contributed by atoms with E-state index >= 15 is 0 Å². The molecule has 0 atom stereocenters. The Kier molecular flexibility index (Phi) is 6.36. The SMILES string of the molecule is O=C([O-])CCOc1ccc(O)cc1.[Na+]. The summed E-state index contributed by atoms with van der Waals surface area (Å²) in [4.78, 5) is 10.0. The molecule has 4 nitrogen and oxygen atoms in total. The van der Waals surface area contributed by atoms with Crippen LogP contribution in [0.3, 0.4) is 0 Å². The van der Waals surface area contributed by atoms with Crippen molar-refractivity contribution in [3.05, 3.63) is 24.3 Å². The second kappa shape index (κ2) is 6.70. The van der Waals surface area contributed by atoms with Gasteiger partial charge in [0.1, 0.15) is 11.5 Å². The number of carbonyl (C=O) groups excluding carboxylic acids is 1. The van der Waals surface area contributed by atoms with Crippen molar-refractivity contribution >= 4 is 5.97 Å². The largest absolute Gasteiger partial charge is 1.00 e. The van der Waals surface area contributed by atoms with Crippen molar-refractivity contribution in [1.82, 2.24) is 0 Å². The van der Waals surface area contributed by atoms with Crippen molar-refractivity contribution in [2.45, 2.75) is 6.42 Å². The van der Waals surface area contributed by atoms with Gasteiger partial charge in [0.25, 0.3) is 0 Å². The van der Waals surface area contributed by atoms with Crippen molar-refractivity contribution in [3.8, 4) is 11.5 Å². The molecule has 1 aromatic carbocycles. The molecule has 0 unspecified atom stereocenters. The molecule has 0 saturated carbocycles. The number of carboxylic acids is 1. The molecule has 0 aromatic heterocycles.